The highest BCUT2D eigenvalue weighted by molar-refractivity contribution is 5.84. The van der Waals surface area contributed by atoms with Gasteiger partial charge in [0.1, 0.15) is 6.04 Å². The number of hydrogen-bond acceptors (Lipinski definition) is 3. The molecule has 0 spiro atoms. The highest BCUT2D eigenvalue weighted by atomic mass is 16.4. The Morgan fingerprint density at radius 1 is 1.44 bits per heavy atom. The van der Waals surface area contributed by atoms with E-state index in [1.54, 1.807) is 4.90 Å². The Morgan fingerprint density at radius 3 is 2.67 bits per heavy atom. The lowest BCUT2D eigenvalue weighted by Gasteiger charge is -2.44. The van der Waals surface area contributed by atoms with E-state index in [4.69, 9.17) is 0 Å². The lowest BCUT2D eigenvalue weighted by atomic mass is 9.76. The normalized spacial score (nSPS) is 22.8. The van der Waals surface area contributed by atoms with Gasteiger partial charge >= 0.3 is 5.97 Å². The van der Waals surface area contributed by atoms with Crippen molar-refractivity contribution in [1.82, 2.24) is 10.2 Å². The Hall–Kier alpha value is -1.10. The molecule has 1 aliphatic heterocycles. The number of piperidine rings is 1. The van der Waals surface area contributed by atoms with Gasteiger partial charge in [0.2, 0.25) is 5.91 Å². The van der Waals surface area contributed by atoms with Crippen molar-refractivity contribution in [2.24, 2.45) is 5.41 Å². The molecule has 18 heavy (non-hydrogen) atoms. The summed E-state index contributed by atoms with van der Waals surface area (Å²) < 4.78 is 0. The number of carboxylic acid groups (broad SMARTS) is 1. The zero-order chi connectivity index (χ0) is 13.8. The van der Waals surface area contributed by atoms with E-state index in [2.05, 4.69) is 5.32 Å². The third-order valence-electron chi connectivity index (χ3n) is 3.64. The first-order valence-electron chi connectivity index (χ1n) is 6.57. The van der Waals surface area contributed by atoms with Gasteiger partial charge in [0, 0.05) is 13.0 Å². The van der Waals surface area contributed by atoms with Crippen LogP contribution in [-0.4, -0.2) is 48.1 Å². The Balaban J connectivity index is 2.72. The number of nitrogens with one attached hydrogen (secondary N) is 1. The van der Waals surface area contributed by atoms with Crippen LogP contribution >= 0.6 is 0 Å². The van der Waals surface area contributed by atoms with E-state index in [1.807, 2.05) is 20.9 Å². The number of carbonyl (C=O) groups is 2. The largest absolute Gasteiger partial charge is 0.480 e. The minimum absolute atomic E-state index is 0.0366. The average Bonchev–Trinajstić information content (AvgIpc) is 2.26. The standard InChI is InChI=1S/C13H24N2O3/c1-13(2)7-5-9-15(11(13)12(17)18)10(16)6-4-8-14-3/h11,14H,4-9H2,1-3H3,(H,17,18). The van der Waals surface area contributed by atoms with E-state index in [1.165, 1.54) is 0 Å². The van der Waals surface area contributed by atoms with E-state index in [0.29, 0.717) is 13.0 Å². The van der Waals surface area contributed by atoms with Crippen molar-refractivity contribution in [2.45, 2.75) is 45.6 Å². The molecule has 1 heterocycles. The van der Waals surface area contributed by atoms with Crippen LogP contribution in [0.15, 0.2) is 0 Å². The summed E-state index contributed by atoms with van der Waals surface area (Å²) in [4.78, 5) is 25.1. The van der Waals surface area contributed by atoms with Gasteiger partial charge in [0.25, 0.3) is 0 Å². The molecule has 1 aliphatic rings. The lowest BCUT2D eigenvalue weighted by Crippen LogP contribution is -2.56. The molecular weight excluding hydrogens is 232 g/mol. The first-order chi connectivity index (χ1) is 8.40. The van der Waals surface area contributed by atoms with E-state index in [-0.39, 0.29) is 11.3 Å². The minimum Gasteiger partial charge on any atom is -0.480 e. The van der Waals surface area contributed by atoms with Gasteiger partial charge in [0.05, 0.1) is 0 Å². The zero-order valence-corrected chi connectivity index (χ0v) is 11.5. The molecule has 1 saturated heterocycles. The molecule has 5 nitrogen and oxygen atoms in total. The Labute approximate surface area is 109 Å². The van der Waals surface area contributed by atoms with Crippen molar-refractivity contribution in [3.8, 4) is 0 Å². The molecular formula is C13H24N2O3. The van der Waals surface area contributed by atoms with E-state index in [9.17, 15) is 14.7 Å². The quantitative estimate of drug-likeness (QED) is 0.722. The Bertz CT molecular complexity index is 315. The molecule has 0 saturated carbocycles. The van der Waals surface area contributed by atoms with Gasteiger partial charge in [-0.1, -0.05) is 13.8 Å². The van der Waals surface area contributed by atoms with Crippen LogP contribution < -0.4 is 5.32 Å². The van der Waals surface area contributed by atoms with Gasteiger partial charge in [-0.15, -0.1) is 0 Å². The smallest absolute Gasteiger partial charge is 0.326 e. The fourth-order valence-corrected chi connectivity index (χ4v) is 2.69. The topological polar surface area (TPSA) is 69.6 Å². The van der Waals surface area contributed by atoms with Crippen molar-refractivity contribution >= 4 is 11.9 Å². The summed E-state index contributed by atoms with van der Waals surface area (Å²) in [6, 6.07) is -0.687. The maximum absolute atomic E-state index is 12.1. The fraction of sp³-hybridized carbons (Fsp3) is 0.846. The van der Waals surface area contributed by atoms with Crippen molar-refractivity contribution in [3.63, 3.8) is 0 Å². The average molecular weight is 256 g/mol. The van der Waals surface area contributed by atoms with Gasteiger partial charge in [-0.25, -0.2) is 4.79 Å². The summed E-state index contributed by atoms with van der Waals surface area (Å²) in [6.45, 7) is 5.21. The molecule has 104 valence electrons. The molecule has 0 aromatic carbocycles. The van der Waals surface area contributed by atoms with Gasteiger partial charge < -0.3 is 15.3 Å². The predicted octanol–water partition coefficient (Wildman–Crippen LogP) is 1.09. The Kier molecular flexibility index (Phi) is 5.14. The van der Waals surface area contributed by atoms with Crippen LogP contribution in [0.2, 0.25) is 0 Å². The Morgan fingerprint density at radius 2 is 2.11 bits per heavy atom. The summed E-state index contributed by atoms with van der Waals surface area (Å²) in [7, 11) is 1.84. The molecule has 1 atom stereocenters. The second-order valence-corrected chi connectivity index (χ2v) is 5.63. The molecule has 1 unspecified atom stereocenters. The SMILES string of the molecule is CNCCCC(=O)N1CCCC(C)(C)C1C(=O)O. The number of hydrogen-bond donors (Lipinski definition) is 2. The van der Waals surface area contributed by atoms with Crippen molar-refractivity contribution in [3.05, 3.63) is 0 Å². The van der Waals surface area contributed by atoms with E-state index in [0.717, 1.165) is 25.8 Å². The minimum atomic E-state index is -0.887. The highest BCUT2D eigenvalue weighted by Crippen LogP contribution is 2.35. The summed E-state index contributed by atoms with van der Waals surface area (Å²) in [5, 5.41) is 12.3. The van der Waals surface area contributed by atoms with Gasteiger partial charge in [-0.3, -0.25) is 4.79 Å². The third-order valence-corrected chi connectivity index (χ3v) is 3.64. The molecule has 0 aromatic rings. The maximum Gasteiger partial charge on any atom is 0.326 e. The van der Waals surface area contributed by atoms with Gasteiger partial charge in [0.15, 0.2) is 0 Å². The second-order valence-electron chi connectivity index (χ2n) is 5.63. The molecule has 0 aliphatic carbocycles. The molecule has 5 heteroatoms. The second kappa shape index (κ2) is 6.18. The molecule has 0 radical (unpaired) electrons. The maximum atomic E-state index is 12.1. The molecule has 0 bridgehead atoms. The number of carboxylic acids is 1. The third kappa shape index (κ3) is 3.45. The van der Waals surface area contributed by atoms with Crippen LogP contribution in [-0.2, 0) is 9.59 Å². The summed E-state index contributed by atoms with van der Waals surface area (Å²) in [5.41, 5.74) is -0.344. The van der Waals surface area contributed by atoms with Crippen LogP contribution in [0.1, 0.15) is 39.5 Å². The fourth-order valence-electron chi connectivity index (χ4n) is 2.69. The number of aliphatic carboxylic acids is 1. The summed E-state index contributed by atoms with van der Waals surface area (Å²) in [6.07, 6.45) is 2.90. The van der Waals surface area contributed by atoms with Crippen LogP contribution in [0.25, 0.3) is 0 Å². The molecule has 1 fully saturated rings. The summed E-state index contributed by atoms with van der Waals surface area (Å²) >= 11 is 0. The summed E-state index contributed by atoms with van der Waals surface area (Å²) in [5.74, 6) is -0.924. The van der Waals surface area contributed by atoms with E-state index >= 15 is 0 Å². The van der Waals surface area contributed by atoms with Crippen LogP contribution in [0.5, 0.6) is 0 Å². The molecule has 0 aromatic heterocycles. The van der Waals surface area contributed by atoms with Crippen molar-refractivity contribution < 1.29 is 14.7 Å². The molecule has 1 amide bonds. The lowest BCUT2D eigenvalue weighted by molar-refractivity contribution is -0.158. The van der Waals surface area contributed by atoms with Crippen LogP contribution in [0, 0.1) is 5.41 Å². The number of likely N-dealkylation sites (tertiary alicyclic amines) is 1. The van der Waals surface area contributed by atoms with Gasteiger partial charge in [-0.2, -0.15) is 0 Å². The first kappa shape index (κ1) is 15.0. The molecule has 2 N–H and O–H groups in total. The predicted molar refractivity (Wildman–Crippen MR) is 69.3 cm³/mol. The van der Waals surface area contributed by atoms with Crippen LogP contribution in [0.3, 0.4) is 0 Å². The number of carbonyl (C=O) groups excluding carboxylic acids is 1. The first-order valence-corrected chi connectivity index (χ1v) is 6.57. The van der Waals surface area contributed by atoms with Crippen molar-refractivity contribution in [1.29, 1.82) is 0 Å². The van der Waals surface area contributed by atoms with Crippen LogP contribution in [0.4, 0.5) is 0 Å². The van der Waals surface area contributed by atoms with Crippen molar-refractivity contribution in [2.75, 3.05) is 20.1 Å². The number of nitrogens with zero attached hydrogens (tertiary/aromatic N) is 1. The highest BCUT2D eigenvalue weighted by Gasteiger charge is 2.44. The number of rotatable bonds is 5. The van der Waals surface area contributed by atoms with Gasteiger partial charge in [-0.05, 0) is 38.3 Å². The monoisotopic (exact) mass is 256 g/mol. The van der Waals surface area contributed by atoms with E-state index < -0.39 is 12.0 Å². The molecule has 1 rings (SSSR count). The number of amides is 1. The zero-order valence-electron chi connectivity index (χ0n) is 11.5.